The molecule has 3 aromatic heterocycles. The van der Waals surface area contributed by atoms with Gasteiger partial charge in [-0.15, -0.1) is 0 Å². The van der Waals surface area contributed by atoms with Crippen LogP contribution in [0.15, 0.2) is 61.1 Å². The second-order valence-corrected chi connectivity index (χ2v) is 7.94. The highest BCUT2D eigenvalue weighted by atomic mass is 16.2. The van der Waals surface area contributed by atoms with E-state index in [9.17, 15) is 11.0 Å². The molecule has 9 heteroatoms. The molecule has 0 bridgehead atoms. The molecule has 1 aromatic carbocycles. The summed E-state index contributed by atoms with van der Waals surface area (Å²) in [6, 6.07) is 10.8. The fourth-order valence-electron chi connectivity index (χ4n) is 4.18. The van der Waals surface area contributed by atoms with Crippen molar-refractivity contribution in [2.45, 2.75) is 25.8 Å². The van der Waals surface area contributed by atoms with Crippen LogP contribution in [-0.2, 0) is 4.79 Å². The Bertz CT molecular complexity index is 1520. The average molecular weight is 467 g/mol. The maximum absolute atomic E-state index is 12.7. The summed E-state index contributed by atoms with van der Waals surface area (Å²) in [5, 5.41) is 2.76. The molecule has 1 aliphatic rings. The predicted octanol–water partition coefficient (Wildman–Crippen LogP) is 3.31. The van der Waals surface area contributed by atoms with E-state index in [0.717, 1.165) is 0 Å². The van der Waals surface area contributed by atoms with E-state index in [4.69, 9.17) is 10.7 Å². The molecule has 1 saturated heterocycles. The van der Waals surface area contributed by atoms with Crippen molar-refractivity contribution in [2.75, 3.05) is 17.6 Å². The van der Waals surface area contributed by atoms with Crippen LogP contribution in [-0.4, -0.2) is 42.6 Å². The molecule has 0 spiro atoms. The van der Waals surface area contributed by atoms with Gasteiger partial charge >= 0.3 is 0 Å². The van der Waals surface area contributed by atoms with E-state index in [2.05, 4.69) is 27.1 Å². The number of carbonyl (C=O) groups is 2. The van der Waals surface area contributed by atoms with Gasteiger partial charge in [0.2, 0.25) is 0 Å². The number of amides is 2. The molecule has 0 saturated carbocycles. The number of fused-ring (bicyclic) bond motifs is 1. The Balaban J connectivity index is 1.54. The molecule has 0 aliphatic carbocycles. The Hall–Kier alpha value is -4.71. The molecule has 9 nitrogen and oxygen atoms in total. The lowest BCUT2D eigenvalue weighted by Crippen LogP contribution is -2.30. The standard InChI is InChI=1S/C26H23N7O2/c1-2-6-21(34)32-15-5-7-19(32)25-31-22(23-24(27)29-14-16-33(23)25)17-9-11-18(12-10-17)26(35)30-20-8-3-4-13-28-20/h3-4,8-14,16,19H,5,7,15H2,1H3,(H2,27,29)(H,28,30,35)/i19D. The molecule has 0 radical (unpaired) electrons. The van der Waals surface area contributed by atoms with Crippen molar-refractivity contribution in [3.63, 3.8) is 0 Å². The normalized spacial score (nSPS) is 17.5. The van der Waals surface area contributed by atoms with E-state index >= 15 is 0 Å². The summed E-state index contributed by atoms with van der Waals surface area (Å²) >= 11 is 0. The van der Waals surface area contributed by atoms with Crippen LogP contribution in [0.4, 0.5) is 11.6 Å². The van der Waals surface area contributed by atoms with Crippen LogP contribution in [0.5, 0.6) is 0 Å². The van der Waals surface area contributed by atoms with Crippen LogP contribution < -0.4 is 11.1 Å². The SMILES string of the molecule is [2H]C1(c2nc(-c3ccc(C(=O)Nc4ccccn4)cc3)c3c(N)nccn23)CCCN1C(=O)C#CC. The second kappa shape index (κ2) is 9.27. The molecular formula is C26H23N7O2. The van der Waals surface area contributed by atoms with Crippen molar-refractivity contribution in [1.29, 1.82) is 0 Å². The number of rotatable bonds is 4. The summed E-state index contributed by atoms with van der Waals surface area (Å²) < 4.78 is 11.0. The van der Waals surface area contributed by atoms with E-state index < -0.39 is 11.9 Å². The Kier molecular flexibility index (Phi) is 5.53. The van der Waals surface area contributed by atoms with Gasteiger partial charge in [-0.2, -0.15) is 0 Å². The number of nitrogen functional groups attached to an aromatic ring is 1. The number of nitrogens with zero attached hydrogens (tertiary/aromatic N) is 5. The van der Waals surface area contributed by atoms with Crippen LogP contribution in [0.1, 0.15) is 43.3 Å². The third-order valence-electron chi connectivity index (χ3n) is 5.77. The first-order valence-electron chi connectivity index (χ1n) is 11.6. The van der Waals surface area contributed by atoms with E-state index in [0.29, 0.717) is 53.4 Å². The molecule has 1 aliphatic heterocycles. The number of nitrogens with two attached hydrogens (primary N) is 1. The van der Waals surface area contributed by atoms with E-state index in [-0.39, 0.29) is 11.7 Å². The minimum Gasteiger partial charge on any atom is -0.382 e. The van der Waals surface area contributed by atoms with E-state index in [1.807, 2.05) is 0 Å². The lowest BCUT2D eigenvalue weighted by Gasteiger charge is -2.21. The lowest BCUT2D eigenvalue weighted by atomic mass is 10.1. The van der Waals surface area contributed by atoms with E-state index in [1.54, 1.807) is 72.4 Å². The van der Waals surface area contributed by atoms with Crippen molar-refractivity contribution in [3.8, 4) is 23.1 Å². The fraction of sp³-hybridized carbons (Fsp3) is 0.192. The molecule has 1 fully saturated rings. The molecular weight excluding hydrogens is 442 g/mol. The quantitative estimate of drug-likeness (QED) is 0.446. The van der Waals surface area contributed by atoms with Gasteiger partial charge in [0.1, 0.15) is 28.7 Å². The zero-order valence-corrected chi connectivity index (χ0v) is 19.0. The van der Waals surface area contributed by atoms with Gasteiger partial charge in [-0.1, -0.05) is 24.1 Å². The van der Waals surface area contributed by atoms with Crippen LogP contribution in [0, 0.1) is 11.8 Å². The Labute approximate surface area is 203 Å². The second-order valence-electron chi connectivity index (χ2n) is 7.94. The van der Waals surface area contributed by atoms with Gasteiger partial charge in [0, 0.05) is 36.3 Å². The smallest absolute Gasteiger partial charge is 0.299 e. The van der Waals surface area contributed by atoms with Gasteiger partial charge < -0.3 is 16.0 Å². The van der Waals surface area contributed by atoms with Crippen LogP contribution in [0.25, 0.3) is 16.8 Å². The summed E-state index contributed by atoms with van der Waals surface area (Å²) in [7, 11) is 0. The fourth-order valence-corrected chi connectivity index (χ4v) is 4.18. The minimum atomic E-state index is -1.40. The summed E-state index contributed by atoms with van der Waals surface area (Å²) in [5.74, 6) is 5.53. The van der Waals surface area contributed by atoms with Gasteiger partial charge in [0.15, 0.2) is 0 Å². The molecule has 1 unspecified atom stereocenters. The zero-order valence-electron chi connectivity index (χ0n) is 20.0. The van der Waals surface area contributed by atoms with Crippen LogP contribution in [0.3, 0.4) is 0 Å². The van der Waals surface area contributed by atoms with Gasteiger partial charge in [-0.05, 0) is 50.0 Å². The van der Waals surface area contributed by atoms with Gasteiger partial charge in [-0.3, -0.25) is 14.0 Å². The van der Waals surface area contributed by atoms with Crippen molar-refractivity contribution in [3.05, 3.63) is 72.4 Å². The number of carbonyl (C=O) groups excluding carboxylic acids is 2. The van der Waals surface area contributed by atoms with Crippen LogP contribution >= 0.6 is 0 Å². The number of pyridine rings is 1. The molecule has 174 valence electrons. The summed E-state index contributed by atoms with van der Waals surface area (Å²) in [6.07, 6.45) is 5.90. The Morgan fingerprint density at radius 1 is 1.17 bits per heavy atom. The first kappa shape index (κ1) is 20.9. The lowest BCUT2D eigenvalue weighted by molar-refractivity contribution is -0.126. The zero-order chi connectivity index (χ0) is 25.3. The summed E-state index contributed by atoms with van der Waals surface area (Å²) in [4.78, 5) is 39.9. The number of benzene rings is 1. The monoisotopic (exact) mass is 466 g/mol. The maximum Gasteiger partial charge on any atom is 0.299 e. The Morgan fingerprint density at radius 3 is 2.74 bits per heavy atom. The first-order chi connectivity index (χ1) is 17.4. The van der Waals surface area contributed by atoms with Gasteiger partial charge in [0.25, 0.3) is 11.8 Å². The average Bonchev–Trinajstić information content (AvgIpc) is 3.48. The molecule has 1 atom stereocenters. The van der Waals surface area contributed by atoms with Crippen molar-refractivity contribution < 1.29 is 11.0 Å². The molecule has 35 heavy (non-hydrogen) atoms. The maximum atomic E-state index is 12.7. The highest BCUT2D eigenvalue weighted by molar-refractivity contribution is 6.04. The van der Waals surface area contributed by atoms with Gasteiger partial charge in [0.05, 0.1) is 7.39 Å². The van der Waals surface area contributed by atoms with Crippen LogP contribution in [0.2, 0.25) is 0 Å². The number of aromatic nitrogens is 4. The number of nitrogens with one attached hydrogen (secondary N) is 1. The van der Waals surface area contributed by atoms with E-state index in [1.165, 1.54) is 4.90 Å². The summed E-state index contributed by atoms with van der Waals surface area (Å²) in [6.45, 7) is 2.01. The third-order valence-corrected chi connectivity index (χ3v) is 5.77. The van der Waals surface area contributed by atoms with Crippen molar-refractivity contribution in [1.82, 2.24) is 24.3 Å². The number of likely N-dealkylation sites (tertiary alicyclic amines) is 1. The highest BCUT2D eigenvalue weighted by Crippen LogP contribution is 2.36. The van der Waals surface area contributed by atoms with Gasteiger partial charge in [-0.25, -0.2) is 15.0 Å². The number of hydrogen-bond acceptors (Lipinski definition) is 6. The molecule has 4 aromatic rings. The third kappa shape index (κ3) is 4.17. The summed E-state index contributed by atoms with van der Waals surface area (Å²) in [5.41, 5.74) is 8.44. The van der Waals surface area contributed by atoms with Crippen molar-refractivity contribution in [2.24, 2.45) is 0 Å². The number of anilines is 2. The topological polar surface area (TPSA) is 119 Å². The molecule has 5 rings (SSSR count). The predicted molar refractivity (Wildman–Crippen MR) is 132 cm³/mol. The van der Waals surface area contributed by atoms with Crippen molar-refractivity contribution >= 4 is 29.0 Å². The Morgan fingerprint density at radius 2 is 2.00 bits per heavy atom. The number of hydrogen-bond donors (Lipinski definition) is 2. The number of imidazole rings is 1. The molecule has 4 heterocycles. The molecule has 3 N–H and O–H groups in total. The molecule has 2 amide bonds. The first-order valence-corrected chi connectivity index (χ1v) is 11.1. The minimum absolute atomic E-state index is 0.246. The highest BCUT2D eigenvalue weighted by Gasteiger charge is 2.33. The largest absolute Gasteiger partial charge is 0.382 e.